The van der Waals surface area contributed by atoms with E-state index in [1.165, 1.54) is 0 Å². The predicted molar refractivity (Wildman–Crippen MR) is 82.7 cm³/mol. The highest BCUT2D eigenvalue weighted by atomic mass is 32.2. The fourth-order valence-electron chi connectivity index (χ4n) is 3.15. The van der Waals surface area contributed by atoms with Crippen molar-refractivity contribution in [1.29, 1.82) is 0 Å². The van der Waals surface area contributed by atoms with E-state index in [0.717, 1.165) is 42.5 Å². The van der Waals surface area contributed by atoms with Crippen molar-refractivity contribution in [2.24, 2.45) is 0 Å². The minimum absolute atomic E-state index is 0.292. The van der Waals surface area contributed by atoms with Crippen LogP contribution in [0.2, 0.25) is 0 Å². The molecule has 0 atom stereocenters. The molecule has 1 saturated carbocycles. The average Bonchev–Trinajstić information content (AvgIpc) is 2.72. The van der Waals surface area contributed by atoms with Crippen molar-refractivity contribution in [2.75, 3.05) is 12.4 Å². The van der Waals surface area contributed by atoms with E-state index in [0.29, 0.717) is 4.90 Å². The number of sulfonamides is 1. The summed E-state index contributed by atoms with van der Waals surface area (Å²) in [6.45, 7) is 5.70. The van der Waals surface area contributed by atoms with Gasteiger partial charge in [-0.1, -0.05) is 12.8 Å². The third kappa shape index (κ3) is 2.99. The van der Waals surface area contributed by atoms with Crippen LogP contribution >= 0.6 is 0 Å². The maximum absolute atomic E-state index is 12.7. The number of hydrogen-bond donors (Lipinski definition) is 2. The van der Waals surface area contributed by atoms with Crippen molar-refractivity contribution in [1.82, 2.24) is 4.72 Å². The Morgan fingerprint density at radius 2 is 1.60 bits per heavy atom. The van der Waals surface area contributed by atoms with Gasteiger partial charge in [-0.3, -0.25) is 0 Å². The van der Waals surface area contributed by atoms with Gasteiger partial charge in [0.15, 0.2) is 0 Å². The number of benzene rings is 1. The van der Waals surface area contributed by atoms with Crippen LogP contribution in [-0.4, -0.2) is 21.0 Å². The lowest BCUT2D eigenvalue weighted by molar-refractivity contribution is 0.427. The molecule has 0 aliphatic heterocycles. The Balaban J connectivity index is 2.39. The molecule has 0 bridgehead atoms. The summed E-state index contributed by atoms with van der Waals surface area (Å²) in [5, 5.41) is 3.05. The summed E-state index contributed by atoms with van der Waals surface area (Å²) < 4.78 is 28.3. The van der Waals surface area contributed by atoms with Crippen LogP contribution in [0.25, 0.3) is 0 Å². The number of aryl methyl sites for hydroxylation is 2. The first-order valence-corrected chi connectivity index (χ1v) is 8.59. The van der Waals surface area contributed by atoms with E-state index in [9.17, 15) is 8.42 Å². The molecule has 0 saturated heterocycles. The second-order valence-electron chi connectivity index (χ2n) is 6.06. The van der Waals surface area contributed by atoms with E-state index in [1.807, 2.05) is 40.0 Å². The van der Waals surface area contributed by atoms with Crippen molar-refractivity contribution < 1.29 is 8.42 Å². The zero-order valence-electron chi connectivity index (χ0n) is 12.7. The first kappa shape index (κ1) is 15.3. The molecule has 2 N–H and O–H groups in total. The molecule has 0 heterocycles. The fraction of sp³-hybridized carbons (Fsp3) is 0.600. The summed E-state index contributed by atoms with van der Waals surface area (Å²) >= 11 is 0. The third-order valence-corrected chi connectivity index (χ3v) is 6.05. The van der Waals surface area contributed by atoms with E-state index in [1.54, 1.807) is 0 Å². The SMILES string of the molecule is CNc1cc(C)c(S(=O)(=O)NC2(C)CCCC2)c(C)c1. The van der Waals surface area contributed by atoms with Crippen LogP contribution in [0, 0.1) is 13.8 Å². The van der Waals surface area contributed by atoms with Crippen LogP contribution in [0.15, 0.2) is 17.0 Å². The van der Waals surface area contributed by atoms with Crippen LogP contribution < -0.4 is 10.0 Å². The van der Waals surface area contributed by atoms with Crippen LogP contribution in [0.1, 0.15) is 43.7 Å². The van der Waals surface area contributed by atoms with Gasteiger partial charge < -0.3 is 5.32 Å². The van der Waals surface area contributed by atoms with E-state index >= 15 is 0 Å². The Morgan fingerprint density at radius 3 is 2.05 bits per heavy atom. The molecular weight excluding hydrogens is 272 g/mol. The highest BCUT2D eigenvalue weighted by Crippen LogP contribution is 2.32. The topological polar surface area (TPSA) is 58.2 Å². The maximum atomic E-state index is 12.7. The Morgan fingerprint density at radius 1 is 1.10 bits per heavy atom. The Labute approximate surface area is 122 Å². The lowest BCUT2D eigenvalue weighted by atomic mass is 10.0. The van der Waals surface area contributed by atoms with Crippen molar-refractivity contribution in [3.8, 4) is 0 Å². The van der Waals surface area contributed by atoms with E-state index < -0.39 is 10.0 Å². The zero-order chi connectivity index (χ0) is 15.0. The highest BCUT2D eigenvalue weighted by Gasteiger charge is 2.34. The Bertz CT molecular complexity index is 579. The largest absolute Gasteiger partial charge is 0.388 e. The van der Waals surface area contributed by atoms with Gasteiger partial charge >= 0.3 is 0 Å². The molecule has 0 spiro atoms. The minimum atomic E-state index is -3.47. The van der Waals surface area contributed by atoms with Gasteiger partial charge in [-0.15, -0.1) is 0 Å². The van der Waals surface area contributed by atoms with Gasteiger partial charge in [0.1, 0.15) is 0 Å². The van der Waals surface area contributed by atoms with Crippen molar-refractivity contribution >= 4 is 15.7 Å². The molecule has 1 fully saturated rings. The van der Waals surface area contributed by atoms with Gasteiger partial charge in [0.2, 0.25) is 10.0 Å². The predicted octanol–water partition coefficient (Wildman–Crippen LogP) is 2.96. The molecule has 0 amide bonds. The smallest absolute Gasteiger partial charge is 0.241 e. The van der Waals surface area contributed by atoms with E-state index in [4.69, 9.17) is 0 Å². The molecule has 20 heavy (non-hydrogen) atoms. The van der Waals surface area contributed by atoms with Crippen LogP contribution in [0.5, 0.6) is 0 Å². The molecule has 1 aromatic rings. The standard InChI is InChI=1S/C15H24N2O2S/c1-11-9-13(16-4)10-12(2)14(11)20(18,19)17-15(3)7-5-6-8-15/h9-10,16-17H,5-8H2,1-4H3. The van der Waals surface area contributed by atoms with Crippen LogP contribution in [0.4, 0.5) is 5.69 Å². The maximum Gasteiger partial charge on any atom is 0.241 e. The molecule has 0 aromatic heterocycles. The number of rotatable bonds is 4. The Hall–Kier alpha value is -1.07. The Kier molecular flexibility index (Phi) is 4.12. The first-order valence-electron chi connectivity index (χ1n) is 7.10. The van der Waals surface area contributed by atoms with Gasteiger partial charge in [-0.25, -0.2) is 13.1 Å². The van der Waals surface area contributed by atoms with Crippen molar-refractivity contribution in [3.05, 3.63) is 23.3 Å². The summed E-state index contributed by atoms with van der Waals surface area (Å²) in [6.07, 6.45) is 4.02. The summed E-state index contributed by atoms with van der Waals surface area (Å²) in [7, 11) is -1.63. The van der Waals surface area contributed by atoms with Crippen LogP contribution in [0.3, 0.4) is 0 Å². The first-order chi connectivity index (χ1) is 9.27. The third-order valence-electron chi connectivity index (χ3n) is 4.11. The minimum Gasteiger partial charge on any atom is -0.388 e. The van der Waals surface area contributed by atoms with Gasteiger partial charge in [0.25, 0.3) is 0 Å². The van der Waals surface area contributed by atoms with Crippen molar-refractivity contribution in [3.63, 3.8) is 0 Å². The second kappa shape index (κ2) is 5.37. The van der Waals surface area contributed by atoms with E-state index in [-0.39, 0.29) is 5.54 Å². The van der Waals surface area contributed by atoms with Crippen molar-refractivity contribution in [2.45, 2.75) is 56.9 Å². The lowest BCUT2D eigenvalue weighted by Gasteiger charge is -2.26. The summed E-state index contributed by atoms with van der Waals surface area (Å²) in [5.41, 5.74) is 2.21. The second-order valence-corrected chi connectivity index (χ2v) is 7.68. The summed E-state index contributed by atoms with van der Waals surface area (Å²) in [6, 6.07) is 3.75. The molecule has 4 nitrogen and oxygen atoms in total. The van der Waals surface area contributed by atoms with Gasteiger partial charge in [-0.2, -0.15) is 0 Å². The van der Waals surface area contributed by atoms with E-state index in [2.05, 4.69) is 10.0 Å². The fourth-order valence-corrected chi connectivity index (χ4v) is 5.07. The highest BCUT2D eigenvalue weighted by molar-refractivity contribution is 7.89. The quantitative estimate of drug-likeness (QED) is 0.898. The van der Waals surface area contributed by atoms with Gasteiger partial charge in [-0.05, 0) is 56.9 Å². The molecule has 0 unspecified atom stereocenters. The van der Waals surface area contributed by atoms with Gasteiger partial charge in [0.05, 0.1) is 4.90 Å². The molecule has 1 aliphatic carbocycles. The summed E-state index contributed by atoms with van der Waals surface area (Å²) in [4.78, 5) is 0.421. The molecular formula is C15H24N2O2S. The molecule has 0 radical (unpaired) electrons. The molecule has 112 valence electrons. The average molecular weight is 296 g/mol. The molecule has 1 aromatic carbocycles. The monoisotopic (exact) mass is 296 g/mol. The number of hydrogen-bond acceptors (Lipinski definition) is 3. The molecule has 5 heteroatoms. The normalized spacial score (nSPS) is 18.2. The lowest BCUT2D eigenvalue weighted by Crippen LogP contribution is -2.43. The van der Waals surface area contributed by atoms with Gasteiger partial charge in [0, 0.05) is 18.3 Å². The molecule has 2 rings (SSSR count). The van der Waals surface area contributed by atoms with Crippen LogP contribution in [-0.2, 0) is 10.0 Å². The number of nitrogens with one attached hydrogen (secondary N) is 2. The molecule has 1 aliphatic rings. The summed E-state index contributed by atoms with van der Waals surface area (Å²) in [5.74, 6) is 0. The number of anilines is 1. The zero-order valence-corrected chi connectivity index (χ0v) is 13.5.